The molecule has 1 amide bonds. The van der Waals surface area contributed by atoms with Gasteiger partial charge in [-0.3, -0.25) is 14.5 Å². The monoisotopic (exact) mass is 321 g/mol. The third-order valence-corrected chi connectivity index (χ3v) is 3.97. The molecule has 0 fully saturated rings. The van der Waals surface area contributed by atoms with Gasteiger partial charge in [0.05, 0.1) is 24.2 Å². The number of hydrogen-bond donors (Lipinski definition) is 2. The van der Waals surface area contributed by atoms with Crippen LogP contribution in [0.3, 0.4) is 0 Å². The Labute approximate surface area is 128 Å². The van der Waals surface area contributed by atoms with Crippen LogP contribution in [0, 0.1) is 0 Å². The molecule has 9 heteroatoms. The van der Waals surface area contributed by atoms with E-state index in [-0.39, 0.29) is 12.2 Å². The van der Waals surface area contributed by atoms with E-state index in [1.54, 1.807) is 30.3 Å². The van der Waals surface area contributed by atoms with Crippen LogP contribution in [0.1, 0.15) is 16.2 Å². The summed E-state index contributed by atoms with van der Waals surface area (Å²) in [6.07, 6.45) is 1.11. The highest BCUT2D eigenvalue weighted by Crippen LogP contribution is 2.19. The number of aromatic nitrogens is 2. The molecule has 1 heterocycles. The van der Waals surface area contributed by atoms with Crippen LogP contribution in [0.4, 0.5) is 5.69 Å². The third kappa shape index (κ3) is 3.77. The maximum absolute atomic E-state index is 12.0. The second kappa shape index (κ2) is 6.50. The SMILES string of the molecule is CS(=O)(=O)N(Cc1ccc(C(=O)NN)nn1)c1ccccc1. The molecule has 0 saturated heterocycles. The summed E-state index contributed by atoms with van der Waals surface area (Å²) in [5, 5.41) is 7.57. The molecule has 22 heavy (non-hydrogen) atoms. The summed E-state index contributed by atoms with van der Waals surface area (Å²) in [5.74, 6) is 4.43. The Balaban J connectivity index is 2.27. The number of hydrazine groups is 1. The highest BCUT2D eigenvalue weighted by molar-refractivity contribution is 7.92. The van der Waals surface area contributed by atoms with E-state index < -0.39 is 15.9 Å². The Morgan fingerprint density at radius 3 is 2.36 bits per heavy atom. The first kappa shape index (κ1) is 15.9. The summed E-state index contributed by atoms with van der Waals surface area (Å²) in [7, 11) is -3.48. The molecular weight excluding hydrogens is 306 g/mol. The van der Waals surface area contributed by atoms with Crippen molar-refractivity contribution in [2.75, 3.05) is 10.6 Å². The van der Waals surface area contributed by atoms with Gasteiger partial charge in [0.2, 0.25) is 10.0 Å². The van der Waals surface area contributed by atoms with Crippen LogP contribution in [-0.2, 0) is 16.6 Å². The molecule has 116 valence electrons. The minimum atomic E-state index is -3.48. The summed E-state index contributed by atoms with van der Waals surface area (Å²) in [6.45, 7) is 0.0143. The molecule has 1 aromatic heterocycles. The van der Waals surface area contributed by atoms with Crippen LogP contribution in [0.2, 0.25) is 0 Å². The Bertz CT molecular complexity index is 747. The Hall–Kier alpha value is -2.52. The number of nitrogens with two attached hydrogens (primary N) is 1. The van der Waals surface area contributed by atoms with E-state index in [0.29, 0.717) is 11.4 Å². The molecule has 0 aliphatic carbocycles. The molecule has 0 radical (unpaired) electrons. The number of para-hydroxylation sites is 1. The zero-order valence-corrected chi connectivity index (χ0v) is 12.6. The second-order valence-electron chi connectivity index (χ2n) is 4.49. The van der Waals surface area contributed by atoms with E-state index in [0.717, 1.165) is 6.26 Å². The normalized spacial score (nSPS) is 11.0. The van der Waals surface area contributed by atoms with E-state index in [2.05, 4.69) is 10.2 Å². The van der Waals surface area contributed by atoms with Crippen LogP contribution in [-0.4, -0.2) is 30.8 Å². The largest absolute Gasteiger partial charge is 0.289 e. The first-order valence-electron chi connectivity index (χ1n) is 6.28. The maximum atomic E-state index is 12.0. The molecule has 0 atom stereocenters. The van der Waals surface area contributed by atoms with Gasteiger partial charge in [-0.2, -0.15) is 5.10 Å². The number of rotatable bonds is 5. The number of hydrogen-bond acceptors (Lipinski definition) is 6. The fourth-order valence-corrected chi connectivity index (χ4v) is 2.65. The van der Waals surface area contributed by atoms with Crippen molar-refractivity contribution >= 4 is 21.6 Å². The lowest BCUT2D eigenvalue weighted by Gasteiger charge is -2.21. The molecule has 0 saturated carbocycles. The number of nitrogens with one attached hydrogen (secondary N) is 1. The average molecular weight is 321 g/mol. The summed E-state index contributed by atoms with van der Waals surface area (Å²) in [4.78, 5) is 11.3. The van der Waals surface area contributed by atoms with E-state index in [4.69, 9.17) is 5.84 Å². The number of amides is 1. The van der Waals surface area contributed by atoms with Crippen molar-refractivity contribution in [2.45, 2.75) is 6.54 Å². The van der Waals surface area contributed by atoms with Gasteiger partial charge in [0.15, 0.2) is 5.69 Å². The lowest BCUT2D eigenvalue weighted by Crippen LogP contribution is -2.32. The van der Waals surface area contributed by atoms with Crippen LogP contribution >= 0.6 is 0 Å². The minimum Gasteiger partial charge on any atom is -0.289 e. The van der Waals surface area contributed by atoms with Gasteiger partial charge in [0.25, 0.3) is 5.91 Å². The van der Waals surface area contributed by atoms with Gasteiger partial charge in [0.1, 0.15) is 0 Å². The molecule has 0 bridgehead atoms. The van der Waals surface area contributed by atoms with E-state index in [1.165, 1.54) is 16.4 Å². The fraction of sp³-hybridized carbons (Fsp3) is 0.154. The highest BCUT2D eigenvalue weighted by atomic mass is 32.2. The van der Waals surface area contributed by atoms with Crippen molar-refractivity contribution in [3.05, 3.63) is 53.9 Å². The van der Waals surface area contributed by atoms with Crippen molar-refractivity contribution in [1.29, 1.82) is 0 Å². The van der Waals surface area contributed by atoms with Gasteiger partial charge in [-0.1, -0.05) is 18.2 Å². The maximum Gasteiger partial charge on any atom is 0.285 e. The molecule has 3 N–H and O–H groups in total. The number of carbonyl (C=O) groups is 1. The first-order valence-corrected chi connectivity index (χ1v) is 8.13. The highest BCUT2D eigenvalue weighted by Gasteiger charge is 2.18. The van der Waals surface area contributed by atoms with Gasteiger partial charge in [0, 0.05) is 0 Å². The molecule has 0 aliphatic rings. The standard InChI is InChI=1S/C13H15N5O3S/c1-22(20,21)18(11-5-3-2-4-6-11)9-10-7-8-12(17-16-10)13(19)15-14/h2-8H,9,14H2,1H3,(H,15,19). The van der Waals surface area contributed by atoms with Crippen molar-refractivity contribution < 1.29 is 13.2 Å². The molecular formula is C13H15N5O3S. The van der Waals surface area contributed by atoms with E-state index in [1.807, 2.05) is 5.43 Å². The zero-order valence-electron chi connectivity index (χ0n) is 11.8. The predicted octanol–water partition coefficient (Wildman–Crippen LogP) is 0.0463. The van der Waals surface area contributed by atoms with Gasteiger partial charge >= 0.3 is 0 Å². The molecule has 2 rings (SSSR count). The van der Waals surface area contributed by atoms with Crippen LogP contribution in [0.15, 0.2) is 42.5 Å². The van der Waals surface area contributed by atoms with Gasteiger partial charge in [-0.15, -0.1) is 5.10 Å². The van der Waals surface area contributed by atoms with Crippen LogP contribution < -0.4 is 15.6 Å². The predicted molar refractivity (Wildman–Crippen MR) is 81.2 cm³/mol. The minimum absolute atomic E-state index is 0.0143. The molecule has 0 aliphatic heterocycles. The van der Waals surface area contributed by atoms with Gasteiger partial charge in [-0.05, 0) is 24.3 Å². The van der Waals surface area contributed by atoms with Crippen LogP contribution in [0.25, 0.3) is 0 Å². The second-order valence-corrected chi connectivity index (χ2v) is 6.40. The average Bonchev–Trinajstić information content (AvgIpc) is 2.52. The smallest absolute Gasteiger partial charge is 0.285 e. The Morgan fingerprint density at radius 2 is 1.86 bits per heavy atom. The molecule has 2 aromatic rings. The number of nitrogen functional groups attached to an aromatic ring is 1. The van der Waals surface area contributed by atoms with E-state index >= 15 is 0 Å². The van der Waals surface area contributed by atoms with Crippen molar-refractivity contribution in [2.24, 2.45) is 5.84 Å². The first-order chi connectivity index (χ1) is 10.4. The number of benzene rings is 1. The summed E-state index contributed by atoms with van der Waals surface area (Å²) in [6, 6.07) is 11.6. The topological polar surface area (TPSA) is 118 Å². The number of sulfonamides is 1. The molecule has 0 spiro atoms. The number of carbonyl (C=O) groups excluding carboxylic acids is 1. The van der Waals surface area contributed by atoms with Gasteiger partial charge in [-0.25, -0.2) is 14.3 Å². The summed E-state index contributed by atoms with van der Waals surface area (Å²) >= 11 is 0. The quantitative estimate of drug-likeness (QED) is 0.456. The zero-order chi connectivity index (χ0) is 16.2. The van der Waals surface area contributed by atoms with E-state index in [9.17, 15) is 13.2 Å². The fourth-order valence-electron chi connectivity index (χ4n) is 1.78. The Morgan fingerprint density at radius 1 is 1.18 bits per heavy atom. The van der Waals surface area contributed by atoms with Crippen molar-refractivity contribution in [3.63, 3.8) is 0 Å². The van der Waals surface area contributed by atoms with Crippen molar-refractivity contribution in [1.82, 2.24) is 15.6 Å². The van der Waals surface area contributed by atoms with Crippen molar-refractivity contribution in [3.8, 4) is 0 Å². The molecule has 8 nitrogen and oxygen atoms in total. The number of anilines is 1. The lowest BCUT2D eigenvalue weighted by molar-refractivity contribution is 0.0947. The third-order valence-electron chi connectivity index (χ3n) is 2.83. The van der Waals surface area contributed by atoms with Crippen LogP contribution in [0.5, 0.6) is 0 Å². The summed E-state index contributed by atoms with van der Waals surface area (Å²) < 4.78 is 25.1. The lowest BCUT2D eigenvalue weighted by atomic mass is 10.3. The summed E-state index contributed by atoms with van der Waals surface area (Å²) in [5.41, 5.74) is 2.93. The number of nitrogens with zero attached hydrogens (tertiary/aromatic N) is 3. The Kier molecular flexibility index (Phi) is 4.68. The van der Waals surface area contributed by atoms with Gasteiger partial charge < -0.3 is 0 Å². The molecule has 1 aromatic carbocycles. The molecule has 0 unspecified atom stereocenters.